The first kappa shape index (κ1) is 19.8. The van der Waals surface area contributed by atoms with E-state index in [9.17, 15) is 4.79 Å². The van der Waals surface area contributed by atoms with Gasteiger partial charge >= 0.3 is 0 Å². The van der Waals surface area contributed by atoms with Gasteiger partial charge in [0.15, 0.2) is 5.16 Å². The highest BCUT2D eigenvalue weighted by molar-refractivity contribution is 7.98. The average molecular weight is 411 g/mol. The Balaban J connectivity index is 1.27. The van der Waals surface area contributed by atoms with Crippen LogP contribution in [0.25, 0.3) is 17.0 Å². The van der Waals surface area contributed by atoms with Gasteiger partial charge < -0.3 is 14.3 Å². The van der Waals surface area contributed by atoms with Crippen molar-refractivity contribution in [3.05, 3.63) is 48.0 Å². The lowest BCUT2D eigenvalue weighted by Crippen LogP contribution is -2.23. The molecule has 1 aliphatic rings. The number of carbonyl (C=O) groups is 1. The summed E-state index contributed by atoms with van der Waals surface area (Å²) in [6, 6.07) is 10.3. The van der Waals surface area contributed by atoms with Gasteiger partial charge in [0, 0.05) is 30.5 Å². The standard InChI is InChI=1S/C22H26N4O2S/c1-29-22-25-24-20(26(22)17-8-3-4-9-17)11-6-14-23-21(27)13-12-18-15-16-7-2-5-10-19(16)28-18/h2,5,7,10,12-13,15,17H,3-4,6,8-9,11,14H2,1H3,(H,23,27)/b13-12+. The Kier molecular flexibility index (Phi) is 6.34. The number of hydrogen-bond acceptors (Lipinski definition) is 5. The molecule has 0 bridgehead atoms. The number of rotatable bonds is 8. The van der Waals surface area contributed by atoms with Crippen LogP contribution in [0.1, 0.15) is 49.7 Å². The minimum Gasteiger partial charge on any atom is -0.457 e. The number of nitrogens with one attached hydrogen (secondary N) is 1. The van der Waals surface area contributed by atoms with E-state index in [1.165, 1.54) is 31.8 Å². The summed E-state index contributed by atoms with van der Waals surface area (Å²) in [7, 11) is 0. The fourth-order valence-corrected chi connectivity index (χ4v) is 4.48. The third-order valence-electron chi connectivity index (χ3n) is 5.33. The molecule has 2 heterocycles. The van der Waals surface area contributed by atoms with Gasteiger partial charge in [0.25, 0.3) is 0 Å². The molecule has 0 atom stereocenters. The van der Waals surface area contributed by atoms with Crippen molar-refractivity contribution in [2.24, 2.45) is 0 Å². The zero-order valence-corrected chi connectivity index (χ0v) is 17.5. The van der Waals surface area contributed by atoms with Crippen molar-refractivity contribution in [3.8, 4) is 0 Å². The molecule has 0 aliphatic heterocycles. The molecule has 152 valence electrons. The predicted molar refractivity (Wildman–Crippen MR) is 116 cm³/mol. The van der Waals surface area contributed by atoms with Crippen molar-refractivity contribution in [1.82, 2.24) is 20.1 Å². The van der Waals surface area contributed by atoms with E-state index in [-0.39, 0.29) is 5.91 Å². The lowest BCUT2D eigenvalue weighted by atomic mass is 10.2. The second-order valence-electron chi connectivity index (χ2n) is 7.33. The van der Waals surface area contributed by atoms with Gasteiger partial charge in [0.2, 0.25) is 5.91 Å². The molecular formula is C22H26N4O2S. The van der Waals surface area contributed by atoms with Gasteiger partial charge in [-0.3, -0.25) is 4.79 Å². The second kappa shape index (κ2) is 9.31. The number of para-hydroxylation sites is 1. The Hall–Kier alpha value is -2.54. The Morgan fingerprint density at radius 3 is 2.93 bits per heavy atom. The van der Waals surface area contributed by atoms with E-state index in [2.05, 4.69) is 20.1 Å². The zero-order chi connectivity index (χ0) is 20.1. The summed E-state index contributed by atoms with van der Waals surface area (Å²) in [5.74, 6) is 1.59. The van der Waals surface area contributed by atoms with Gasteiger partial charge in [0.05, 0.1) is 0 Å². The van der Waals surface area contributed by atoms with Crippen molar-refractivity contribution in [2.75, 3.05) is 12.8 Å². The summed E-state index contributed by atoms with van der Waals surface area (Å²) < 4.78 is 8.01. The molecule has 0 spiro atoms. The molecule has 0 saturated heterocycles. The van der Waals surface area contributed by atoms with Gasteiger partial charge in [-0.25, -0.2) is 0 Å². The maximum Gasteiger partial charge on any atom is 0.244 e. The molecule has 4 rings (SSSR count). The fourth-order valence-electron chi connectivity index (χ4n) is 3.91. The first-order valence-corrected chi connectivity index (χ1v) is 11.4. The lowest BCUT2D eigenvalue weighted by Gasteiger charge is -2.16. The molecule has 0 unspecified atom stereocenters. The van der Waals surface area contributed by atoms with Crippen LogP contribution in [0.5, 0.6) is 0 Å². The first-order valence-electron chi connectivity index (χ1n) is 10.2. The van der Waals surface area contributed by atoms with Gasteiger partial charge in [-0.1, -0.05) is 42.8 Å². The van der Waals surface area contributed by atoms with Crippen molar-refractivity contribution in [2.45, 2.75) is 49.7 Å². The van der Waals surface area contributed by atoms with Crippen molar-refractivity contribution in [3.63, 3.8) is 0 Å². The molecule has 0 radical (unpaired) electrons. The minimum atomic E-state index is -0.118. The SMILES string of the molecule is CSc1nnc(CCCNC(=O)/C=C/c2cc3ccccc3o2)n1C1CCCC1. The van der Waals surface area contributed by atoms with E-state index in [4.69, 9.17) is 4.42 Å². The quantitative estimate of drug-likeness (QED) is 0.333. The number of amides is 1. The van der Waals surface area contributed by atoms with Crippen molar-refractivity contribution in [1.29, 1.82) is 0 Å². The van der Waals surface area contributed by atoms with Crippen LogP contribution in [0.3, 0.4) is 0 Å². The van der Waals surface area contributed by atoms with Crippen LogP contribution < -0.4 is 5.32 Å². The van der Waals surface area contributed by atoms with Crippen LogP contribution in [0.2, 0.25) is 0 Å². The van der Waals surface area contributed by atoms with Crippen LogP contribution in [0.15, 0.2) is 46.0 Å². The monoisotopic (exact) mass is 410 g/mol. The van der Waals surface area contributed by atoms with Crippen LogP contribution in [0, 0.1) is 0 Å². The molecule has 1 aliphatic carbocycles. The number of carbonyl (C=O) groups excluding carboxylic acids is 1. The molecule has 7 heteroatoms. The number of aryl methyl sites for hydroxylation is 1. The first-order chi connectivity index (χ1) is 14.2. The van der Waals surface area contributed by atoms with E-state index in [0.29, 0.717) is 18.3 Å². The molecule has 1 N–H and O–H groups in total. The summed E-state index contributed by atoms with van der Waals surface area (Å²) in [6.07, 6.45) is 11.9. The van der Waals surface area contributed by atoms with Gasteiger partial charge in [-0.2, -0.15) is 0 Å². The molecule has 29 heavy (non-hydrogen) atoms. The summed E-state index contributed by atoms with van der Waals surface area (Å²) in [6.45, 7) is 0.607. The Morgan fingerprint density at radius 2 is 2.14 bits per heavy atom. The molecule has 6 nitrogen and oxygen atoms in total. The Bertz CT molecular complexity index is 968. The van der Waals surface area contributed by atoms with Gasteiger partial charge in [-0.15, -0.1) is 10.2 Å². The smallest absolute Gasteiger partial charge is 0.244 e. The number of furan rings is 1. The van der Waals surface area contributed by atoms with E-state index in [1.54, 1.807) is 17.8 Å². The maximum absolute atomic E-state index is 12.1. The highest BCUT2D eigenvalue weighted by Crippen LogP contribution is 2.33. The predicted octanol–water partition coefficient (Wildman–Crippen LogP) is 4.62. The molecule has 1 aromatic carbocycles. The lowest BCUT2D eigenvalue weighted by molar-refractivity contribution is -0.116. The van der Waals surface area contributed by atoms with E-state index in [0.717, 1.165) is 34.8 Å². The third-order valence-corrected chi connectivity index (χ3v) is 5.97. The zero-order valence-electron chi connectivity index (χ0n) is 16.6. The molecule has 1 saturated carbocycles. The summed E-state index contributed by atoms with van der Waals surface area (Å²) in [5, 5.41) is 13.7. The number of nitrogens with zero attached hydrogens (tertiary/aromatic N) is 3. The highest BCUT2D eigenvalue weighted by Gasteiger charge is 2.23. The van der Waals surface area contributed by atoms with E-state index < -0.39 is 0 Å². The van der Waals surface area contributed by atoms with Gasteiger partial charge in [0.1, 0.15) is 17.2 Å². The number of fused-ring (bicyclic) bond motifs is 1. The number of thioether (sulfide) groups is 1. The van der Waals surface area contributed by atoms with Crippen molar-refractivity contribution >= 4 is 34.7 Å². The molecule has 3 aromatic rings. The molecule has 1 fully saturated rings. The topological polar surface area (TPSA) is 73.0 Å². The van der Waals surface area contributed by atoms with E-state index >= 15 is 0 Å². The molecule has 1 amide bonds. The average Bonchev–Trinajstić information content (AvgIpc) is 3.48. The van der Waals surface area contributed by atoms with Crippen LogP contribution in [-0.2, 0) is 11.2 Å². The van der Waals surface area contributed by atoms with Crippen LogP contribution >= 0.6 is 11.8 Å². The minimum absolute atomic E-state index is 0.118. The largest absolute Gasteiger partial charge is 0.457 e. The van der Waals surface area contributed by atoms with Crippen LogP contribution in [-0.4, -0.2) is 33.5 Å². The van der Waals surface area contributed by atoms with Crippen molar-refractivity contribution < 1.29 is 9.21 Å². The Morgan fingerprint density at radius 1 is 1.31 bits per heavy atom. The number of benzene rings is 1. The third kappa shape index (κ3) is 4.72. The molecular weight excluding hydrogens is 384 g/mol. The van der Waals surface area contributed by atoms with Crippen LogP contribution in [0.4, 0.5) is 0 Å². The number of hydrogen-bond donors (Lipinski definition) is 1. The normalized spacial score (nSPS) is 14.9. The highest BCUT2D eigenvalue weighted by atomic mass is 32.2. The second-order valence-corrected chi connectivity index (χ2v) is 8.10. The number of aromatic nitrogens is 3. The van der Waals surface area contributed by atoms with Gasteiger partial charge in [-0.05, 0) is 43.7 Å². The summed E-state index contributed by atoms with van der Waals surface area (Å²) >= 11 is 1.65. The summed E-state index contributed by atoms with van der Waals surface area (Å²) in [4.78, 5) is 12.1. The molecule has 2 aromatic heterocycles. The Labute approximate surface area is 174 Å². The fraction of sp³-hybridized carbons (Fsp3) is 0.409. The van der Waals surface area contributed by atoms with E-state index in [1.807, 2.05) is 36.6 Å². The maximum atomic E-state index is 12.1. The summed E-state index contributed by atoms with van der Waals surface area (Å²) in [5.41, 5.74) is 0.823.